The van der Waals surface area contributed by atoms with Crippen LogP contribution >= 0.6 is 0 Å². The lowest BCUT2D eigenvalue weighted by atomic mass is 9.84. The van der Waals surface area contributed by atoms with Gasteiger partial charge in [0, 0.05) is 31.4 Å². The second-order valence-corrected chi connectivity index (χ2v) is 10.6. The van der Waals surface area contributed by atoms with Crippen molar-refractivity contribution in [3.8, 4) is 0 Å². The maximum atomic E-state index is 13.5. The van der Waals surface area contributed by atoms with E-state index in [1.165, 1.54) is 6.92 Å². The monoisotopic (exact) mass is 500 g/mol. The van der Waals surface area contributed by atoms with Gasteiger partial charge in [-0.25, -0.2) is 0 Å². The number of aliphatic hydroxyl groups is 1. The van der Waals surface area contributed by atoms with Gasteiger partial charge in [0.1, 0.15) is 18.3 Å². The van der Waals surface area contributed by atoms with Crippen LogP contribution in [0.15, 0.2) is 30.3 Å². The smallest absolute Gasteiger partial charge is 0.311 e. The van der Waals surface area contributed by atoms with Crippen LogP contribution in [0.3, 0.4) is 0 Å². The van der Waals surface area contributed by atoms with Gasteiger partial charge in [0.25, 0.3) is 5.91 Å². The quantitative estimate of drug-likeness (QED) is 0.530. The Morgan fingerprint density at radius 1 is 0.944 bits per heavy atom. The zero-order chi connectivity index (χ0) is 25.3. The number of amides is 2. The minimum absolute atomic E-state index is 0.223. The van der Waals surface area contributed by atoms with Gasteiger partial charge < -0.3 is 30.0 Å². The van der Waals surface area contributed by atoms with E-state index in [1.54, 1.807) is 24.3 Å². The fraction of sp³-hybridized carbons (Fsp3) is 0.667. The molecule has 9 heteroatoms. The minimum Gasteiger partial charge on any atom is -0.457 e. The molecule has 0 radical (unpaired) electrons. The van der Waals surface area contributed by atoms with Crippen molar-refractivity contribution in [2.75, 3.05) is 0 Å². The Hall–Kier alpha value is -2.49. The van der Waals surface area contributed by atoms with Crippen molar-refractivity contribution in [2.24, 2.45) is 5.92 Å². The molecule has 5 rings (SSSR count). The predicted molar refractivity (Wildman–Crippen MR) is 129 cm³/mol. The molecule has 1 saturated heterocycles. The molecular weight excluding hydrogens is 464 g/mol. The average Bonchev–Trinajstić information content (AvgIpc) is 3.34. The first-order valence-corrected chi connectivity index (χ1v) is 13.2. The average molecular weight is 501 g/mol. The Bertz CT molecular complexity index is 964. The van der Waals surface area contributed by atoms with Crippen molar-refractivity contribution in [3.05, 3.63) is 35.9 Å². The molecule has 36 heavy (non-hydrogen) atoms. The summed E-state index contributed by atoms with van der Waals surface area (Å²) >= 11 is 0. The van der Waals surface area contributed by atoms with Gasteiger partial charge in [-0.15, -0.1) is 0 Å². The Kier molecular flexibility index (Phi) is 7.32. The third kappa shape index (κ3) is 5.01. The van der Waals surface area contributed by atoms with Crippen LogP contribution in [-0.2, 0) is 23.8 Å². The van der Waals surface area contributed by atoms with E-state index < -0.39 is 48.1 Å². The highest BCUT2D eigenvalue weighted by Gasteiger charge is 2.63. The lowest BCUT2D eigenvalue weighted by Gasteiger charge is -2.36. The third-order valence-corrected chi connectivity index (χ3v) is 8.07. The van der Waals surface area contributed by atoms with Gasteiger partial charge in [-0.2, -0.15) is 0 Å². The summed E-state index contributed by atoms with van der Waals surface area (Å²) in [7, 11) is 0. The molecule has 9 nitrogen and oxygen atoms in total. The number of esters is 1. The summed E-state index contributed by atoms with van der Waals surface area (Å²) < 4.78 is 18.6. The zero-order valence-electron chi connectivity index (χ0n) is 20.7. The molecule has 0 unspecified atom stereocenters. The van der Waals surface area contributed by atoms with Crippen LogP contribution in [0.2, 0.25) is 0 Å². The molecule has 0 bridgehead atoms. The highest BCUT2D eigenvalue weighted by Crippen LogP contribution is 2.46. The van der Waals surface area contributed by atoms with Crippen molar-refractivity contribution < 1.29 is 33.7 Å². The van der Waals surface area contributed by atoms with Crippen LogP contribution in [-0.4, -0.2) is 65.2 Å². The van der Waals surface area contributed by atoms with Gasteiger partial charge in [0.15, 0.2) is 11.9 Å². The molecule has 0 aromatic heterocycles. The van der Waals surface area contributed by atoms with Gasteiger partial charge in [-0.3, -0.25) is 14.4 Å². The Balaban J connectivity index is 1.31. The van der Waals surface area contributed by atoms with Crippen molar-refractivity contribution in [3.63, 3.8) is 0 Å². The number of fused-ring (bicyclic) bond motifs is 1. The number of nitrogens with one attached hydrogen (secondary N) is 2. The number of benzene rings is 1. The molecule has 1 spiro atoms. The number of carbonyl (C=O) groups is 3. The van der Waals surface area contributed by atoms with E-state index in [9.17, 15) is 19.5 Å². The van der Waals surface area contributed by atoms with E-state index in [4.69, 9.17) is 14.2 Å². The predicted octanol–water partition coefficient (Wildman–Crippen LogP) is 2.21. The molecule has 1 aromatic carbocycles. The maximum Gasteiger partial charge on any atom is 0.311 e. The summed E-state index contributed by atoms with van der Waals surface area (Å²) in [5, 5.41) is 16.8. The van der Waals surface area contributed by atoms with Gasteiger partial charge in [-0.05, 0) is 37.8 Å². The summed E-state index contributed by atoms with van der Waals surface area (Å²) in [6.45, 7) is 1.36. The summed E-state index contributed by atoms with van der Waals surface area (Å²) in [4.78, 5) is 38.2. The van der Waals surface area contributed by atoms with Crippen LogP contribution in [0.5, 0.6) is 0 Å². The van der Waals surface area contributed by atoms with Crippen molar-refractivity contribution in [2.45, 2.75) is 107 Å². The van der Waals surface area contributed by atoms with Gasteiger partial charge in [0.2, 0.25) is 5.91 Å². The number of ether oxygens (including phenoxy) is 3. The van der Waals surface area contributed by atoms with Crippen LogP contribution in [0, 0.1) is 5.92 Å². The van der Waals surface area contributed by atoms with Crippen LogP contribution in [0.4, 0.5) is 0 Å². The van der Waals surface area contributed by atoms with Gasteiger partial charge in [-0.1, -0.05) is 37.5 Å². The van der Waals surface area contributed by atoms with Crippen molar-refractivity contribution in [1.29, 1.82) is 0 Å². The van der Waals surface area contributed by atoms with E-state index in [0.717, 1.165) is 44.9 Å². The van der Waals surface area contributed by atoms with Crippen molar-refractivity contribution in [1.82, 2.24) is 10.6 Å². The number of rotatable bonds is 5. The zero-order valence-corrected chi connectivity index (χ0v) is 20.7. The van der Waals surface area contributed by atoms with E-state index in [0.29, 0.717) is 18.4 Å². The lowest BCUT2D eigenvalue weighted by molar-refractivity contribution is -0.219. The molecule has 3 aliphatic carbocycles. The molecule has 1 heterocycles. The molecule has 4 aliphatic rings. The normalized spacial score (nSPS) is 35.1. The maximum absolute atomic E-state index is 13.5. The van der Waals surface area contributed by atoms with Gasteiger partial charge in [0.05, 0.1) is 12.0 Å². The fourth-order valence-electron chi connectivity index (χ4n) is 6.30. The SMILES string of the molecule is CC(=O)N[C@@H]1[C@H](O)[C@@H]2OC3(CCCCC3)O[C@@H]2[C@@H]1OC(=O)[C@@H]1CCCC[C@@H]1NC(=O)c1ccccc1. The number of hydrogen-bond donors (Lipinski definition) is 3. The number of hydrogen-bond acceptors (Lipinski definition) is 7. The first kappa shape index (κ1) is 25.2. The van der Waals surface area contributed by atoms with Crippen LogP contribution in [0.1, 0.15) is 75.1 Å². The second-order valence-electron chi connectivity index (χ2n) is 10.6. The van der Waals surface area contributed by atoms with Gasteiger partial charge >= 0.3 is 5.97 Å². The van der Waals surface area contributed by atoms with Crippen LogP contribution < -0.4 is 10.6 Å². The summed E-state index contributed by atoms with van der Waals surface area (Å²) in [6.07, 6.45) is 4.26. The minimum atomic E-state index is -1.06. The van der Waals surface area contributed by atoms with Crippen LogP contribution in [0.25, 0.3) is 0 Å². The summed E-state index contributed by atoms with van der Waals surface area (Å²) in [5.41, 5.74) is 0.539. The summed E-state index contributed by atoms with van der Waals surface area (Å²) in [6, 6.07) is 7.74. The fourth-order valence-corrected chi connectivity index (χ4v) is 6.30. The standard InChI is InChI=1S/C27H36N2O7/c1-16(30)28-20-21(31)23-24(36-27(35-23)14-8-3-9-15-27)22(20)34-26(33)18-12-6-7-13-19(18)29-25(32)17-10-4-2-5-11-17/h2,4-5,10-11,18-24,31H,3,6-9,12-15H2,1H3,(H,28,30)(H,29,32)/t18-,19+,20-,21+,22-,23+,24-/m1/s1. The first-order valence-electron chi connectivity index (χ1n) is 13.2. The lowest BCUT2D eigenvalue weighted by Crippen LogP contribution is -2.53. The van der Waals surface area contributed by atoms with E-state index >= 15 is 0 Å². The Labute approximate surface area is 211 Å². The van der Waals surface area contributed by atoms with E-state index in [2.05, 4.69) is 10.6 Å². The highest BCUT2D eigenvalue weighted by molar-refractivity contribution is 5.94. The van der Waals surface area contributed by atoms with E-state index in [1.807, 2.05) is 6.07 Å². The number of aliphatic hydroxyl groups excluding tert-OH is 1. The second kappa shape index (κ2) is 10.5. The third-order valence-electron chi connectivity index (χ3n) is 8.07. The Morgan fingerprint density at radius 2 is 1.64 bits per heavy atom. The molecule has 7 atom stereocenters. The summed E-state index contributed by atoms with van der Waals surface area (Å²) in [5.74, 6) is -2.30. The van der Waals surface area contributed by atoms with E-state index in [-0.39, 0.29) is 17.9 Å². The molecular formula is C27H36N2O7. The molecule has 3 saturated carbocycles. The molecule has 4 fully saturated rings. The first-order chi connectivity index (χ1) is 17.4. The Morgan fingerprint density at radius 3 is 2.36 bits per heavy atom. The molecule has 196 valence electrons. The number of carbonyl (C=O) groups excluding carboxylic acids is 3. The topological polar surface area (TPSA) is 123 Å². The molecule has 3 N–H and O–H groups in total. The molecule has 1 aliphatic heterocycles. The highest BCUT2D eigenvalue weighted by atomic mass is 16.8. The largest absolute Gasteiger partial charge is 0.457 e. The van der Waals surface area contributed by atoms with Crippen molar-refractivity contribution >= 4 is 17.8 Å². The molecule has 2 amide bonds. The molecule has 1 aromatic rings.